The molecule has 0 unspecified atom stereocenters. The van der Waals surface area contributed by atoms with Gasteiger partial charge in [0.15, 0.2) is 5.58 Å². The van der Waals surface area contributed by atoms with Crippen molar-refractivity contribution in [2.75, 3.05) is 5.88 Å². The van der Waals surface area contributed by atoms with Gasteiger partial charge in [0.05, 0.1) is 10.7 Å². The van der Waals surface area contributed by atoms with Gasteiger partial charge in [-0.2, -0.15) is 0 Å². The molecule has 0 aliphatic carbocycles. The molecule has 3 rings (SSSR count). The second-order valence-electron chi connectivity index (χ2n) is 5.06. The van der Waals surface area contributed by atoms with Crippen LogP contribution in [0.1, 0.15) is 16.8 Å². The van der Waals surface area contributed by atoms with Crippen molar-refractivity contribution in [2.24, 2.45) is 0 Å². The molecule has 0 spiro atoms. The molecule has 0 saturated heterocycles. The lowest BCUT2D eigenvalue weighted by Gasteiger charge is -2.10. The Kier molecular flexibility index (Phi) is 4.55. The zero-order valence-corrected chi connectivity index (χ0v) is 13.6. The van der Waals surface area contributed by atoms with E-state index in [9.17, 15) is 0 Å². The van der Waals surface area contributed by atoms with Crippen LogP contribution < -0.4 is 4.74 Å². The Hall–Kier alpha value is -1.71. The normalized spacial score (nSPS) is 11.0. The Morgan fingerprint density at radius 1 is 1.23 bits per heavy atom. The van der Waals surface area contributed by atoms with Crippen LogP contribution in [0.3, 0.4) is 0 Å². The number of hydrogen-bond donors (Lipinski definition) is 0. The van der Waals surface area contributed by atoms with E-state index in [1.165, 1.54) is 5.56 Å². The topological polar surface area (TPSA) is 35.3 Å². The van der Waals surface area contributed by atoms with E-state index >= 15 is 0 Å². The molecule has 1 aromatic heterocycles. The summed E-state index contributed by atoms with van der Waals surface area (Å²) in [4.78, 5) is 0. The summed E-state index contributed by atoms with van der Waals surface area (Å²) >= 11 is 12.1. The van der Waals surface area contributed by atoms with Crippen LogP contribution in [0.25, 0.3) is 11.0 Å². The molecule has 3 nitrogen and oxygen atoms in total. The lowest BCUT2D eigenvalue weighted by molar-refractivity contribution is 0.305. The van der Waals surface area contributed by atoms with Crippen LogP contribution in [0.5, 0.6) is 5.75 Å². The molecule has 1 heterocycles. The van der Waals surface area contributed by atoms with Gasteiger partial charge in [0.25, 0.3) is 0 Å². The fourth-order valence-corrected chi connectivity index (χ4v) is 2.69. The monoisotopic (exact) mass is 335 g/mol. The van der Waals surface area contributed by atoms with E-state index in [1.807, 2.05) is 24.3 Å². The molecule has 0 fully saturated rings. The van der Waals surface area contributed by atoms with Crippen molar-refractivity contribution in [3.8, 4) is 5.75 Å². The maximum absolute atomic E-state index is 6.31. The molecule has 3 aromatic rings. The summed E-state index contributed by atoms with van der Waals surface area (Å²) in [7, 11) is 0. The number of rotatable bonds is 5. The van der Waals surface area contributed by atoms with Gasteiger partial charge < -0.3 is 9.26 Å². The molecule has 0 amide bonds. The number of alkyl halides is 1. The maximum Gasteiger partial charge on any atom is 0.170 e. The molecular formula is C17H15Cl2NO2. The summed E-state index contributed by atoms with van der Waals surface area (Å²) in [5.74, 6) is 1.08. The minimum atomic E-state index is 0.459. The van der Waals surface area contributed by atoms with E-state index in [1.54, 1.807) is 6.07 Å². The second kappa shape index (κ2) is 6.59. The first-order chi connectivity index (χ1) is 10.7. The zero-order chi connectivity index (χ0) is 15.5. The quantitative estimate of drug-likeness (QED) is 0.605. The Morgan fingerprint density at radius 3 is 2.82 bits per heavy atom. The SMILES string of the molecule is Cc1ccccc1COc1cc2onc(CCCl)c2cc1Cl. The van der Waals surface area contributed by atoms with E-state index in [2.05, 4.69) is 18.1 Å². The first-order valence-corrected chi connectivity index (χ1v) is 7.91. The Bertz CT molecular complexity index is 798. The minimum Gasteiger partial charge on any atom is -0.487 e. The van der Waals surface area contributed by atoms with Crippen LogP contribution in [-0.4, -0.2) is 11.0 Å². The van der Waals surface area contributed by atoms with Gasteiger partial charge in [0, 0.05) is 23.8 Å². The summed E-state index contributed by atoms with van der Waals surface area (Å²) in [5, 5.41) is 5.45. The van der Waals surface area contributed by atoms with Crippen LogP contribution >= 0.6 is 23.2 Å². The van der Waals surface area contributed by atoms with Crippen molar-refractivity contribution >= 4 is 34.2 Å². The van der Waals surface area contributed by atoms with Crippen molar-refractivity contribution in [1.82, 2.24) is 5.16 Å². The van der Waals surface area contributed by atoms with Gasteiger partial charge in [-0.15, -0.1) is 11.6 Å². The van der Waals surface area contributed by atoms with Crippen LogP contribution in [-0.2, 0) is 13.0 Å². The van der Waals surface area contributed by atoms with Crippen molar-refractivity contribution in [1.29, 1.82) is 0 Å². The molecule has 22 heavy (non-hydrogen) atoms. The fraction of sp³-hybridized carbons (Fsp3) is 0.235. The third-order valence-electron chi connectivity index (χ3n) is 3.57. The second-order valence-corrected chi connectivity index (χ2v) is 5.85. The molecule has 114 valence electrons. The van der Waals surface area contributed by atoms with Crippen molar-refractivity contribution in [3.63, 3.8) is 0 Å². The predicted octanol–water partition coefficient (Wildman–Crippen LogP) is 5.15. The smallest absolute Gasteiger partial charge is 0.170 e. The number of nitrogens with zero attached hydrogens (tertiary/aromatic N) is 1. The van der Waals surface area contributed by atoms with Crippen LogP contribution in [0, 0.1) is 6.92 Å². The molecule has 0 aliphatic rings. The summed E-state index contributed by atoms with van der Waals surface area (Å²) in [6, 6.07) is 11.7. The van der Waals surface area contributed by atoms with Gasteiger partial charge in [-0.25, -0.2) is 0 Å². The van der Waals surface area contributed by atoms with E-state index in [0.717, 1.165) is 16.6 Å². The van der Waals surface area contributed by atoms with Gasteiger partial charge in [-0.3, -0.25) is 0 Å². The third kappa shape index (κ3) is 3.06. The predicted molar refractivity (Wildman–Crippen MR) is 89.0 cm³/mol. The van der Waals surface area contributed by atoms with Crippen molar-refractivity contribution in [3.05, 3.63) is 58.2 Å². The van der Waals surface area contributed by atoms with Gasteiger partial charge >= 0.3 is 0 Å². The lowest BCUT2D eigenvalue weighted by atomic mass is 10.1. The summed E-state index contributed by atoms with van der Waals surface area (Å²) in [6.07, 6.45) is 0.647. The number of benzene rings is 2. The number of aryl methyl sites for hydroxylation is 2. The molecule has 0 saturated carbocycles. The summed E-state index contributed by atoms with van der Waals surface area (Å²) < 4.78 is 11.2. The van der Waals surface area contributed by atoms with Crippen LogP contribution in [0.4, 0.5) is 0 Å². The van der Waals surface area contributed by atoms with Gasteiger partial charge in [0.2, 0.25) is 0 Å². The van der Waals surface area contributed by atoms with Gasteiger partial charge in [-0.05, 0) is 24.1 Å². The molecule has 0 radical (unpaired) electrons. The molecule has 0 N–H and O–H groups in total. The molecule has 0 atom stereocenters. The van der Waals surface area contributed by atoms with E-state index in [4.69, 9.17) is 32.5 Å². The van der Waals surface area contributed by atoms with E-state index in [0.29, 0.717) is 35.3 Å². The highest BCUT2D eigenvalue weighted by Gasteiger charge is 2.13. The van der Waals surface area contributed by atoms with Crippen molar-refractivity contribution in [2.45, 2.75) is 20.0 Å². The Morgan fingerprint density at radius 2 is 2.05 bits per heavy atom. The summed E-state index contributed by atoms with van der Waals surface area (Å²) in [6.45, 7) is 2.51. The average molecular weight is 336 g/mol. The minimum absolute atomic E-state index is 0.459. The number of aromatic nitrogens is 1. The zero-order valence-electron chi connectivity index (χ0n) is 12.1. The highest BCUT2D eigenvalue weighted by Crippen LogP contribution is 2.32. The highest BCUT2D eigenvalue weighted by molar-refractivity contribution is 6.32. The first kappa shape index (κ1) is 15.2. The standard InChI is InChI=1S/C17H15Cl2NO2/c1-11-4-2-3-5-12(11)10-21-17-9-16-13(8-14(17)19)15(6-7-18)20-22-16/h2-5,8-9H,6-7,10H2,1H3. The Labute approximate surface area is 138 Å². The van der Waals surface area contributed by atoms with E-state index < -0.39 is 0 Å². The molecule has 2 aromatic carbocycles. The average Bonchev–Trinajstić information content (AvgIpc) is 2.89. The van der Waals surface area contributed by atoms with E-state index in [-0.39, 0.29) is 0 Å². The fourth-order valence-electron chi connectivity index (χ4n) is 2.30. The van der Waals surface area contributed by atoms with Gasteiger partial charge in [0.1, 0.15) is 12.4 Å². The number of hydrogen-bond acceptors (Lipinski definition) is 3. The Balaban J connectivity index is 1.85. The molecule has 0 aliphatic heterocycles. The summed E-state index contributed by atoms with van der Waals surface area (Å²) in [5.41, 5.74) is 3.78. The van der Waals surface area contributed by atoms with Crippen LogP contribution in [0.15, 0.2) is 40.9 Å². The maximum atomic E-state index is 6.31. The number of fused-ring (bicyclic) bond motifs is 1. The van der Waals surface area contributed by atoms with Crippen LogP contribution in [0.2, 0.25) is 5.02 Å². The molecule has 0 bridgehead atoms. The third-order valence-corrected chi connectivity index (χ3v) is 4.06. The van der Waals surface area contributed by atoms with Gasteiger partial charge in [-0.1, -0.05) is 41.0 Å². The molecular weight excluding hydrogens is 321 g/mol. The van der Waals surface area contributed by atoms with Crippen molar-refractivity contribution < 1.29 is 9.26 Å². The number of ether oxygens (including phenoxy) is 1. The largest absolute Gasteiger partial charge is 0.487 e. The first-order valence-electron chi connectivity index (χ1n) is 7.00. The highest BCUT2D eigenvalue weighted by atomic mass is 35.5. The molecule has 5 heteroatoms. The number of halogens is 2. The lowest BCUT2D eigenvalue weighted by Crippen LogP contribution is -1.98.